The molecule has 1 aromatic heterocycles. The highest BCUT2D eigenvalue weighted by Crippen LogP contribution is 2.46. The minimum atomic E-state index is -0.475. The summed E-state index contributed by atoms with van der Waals surface area (Å²) in [4.78, 5) is 22.6. The molecule has 1 amide bonds. The van der Waals surface area contributed by atoms with Gasteiger partial charge in [0.1, 0.15) is 11.8 Å². The number of hydrogen-bond donors (Lipinski definition) is 1. The van der Waals surface area contributed by atoms with Gasteiger partial charge >= 0.3 is 0 Å². The lowest BCUT2D eigenvalue weighted by atomic mass is 10.1. The summed E-state index contributed by atoms with van der Waals surface area (Å²) in [6, 6.07) is 5.89. The highest BCUT2D eigenvalue weighted by molar-refractivity contribution is 7.99. The Bertz CT molecular complexity index is 748. The standard InChI is InChI=1S/C15H14N4O2S/c1-21-9-19-11-8-10(3-5-13(16)20)2-4-12(11)22-15-14(19)17-6-7-18-15/h2-8H,9H2,1H3,(H2,16,20)/b5-3+. The second-order valence-electron chi connectivity index (χ2n) is 4.60. The molecule has 0 saturated heterocycles. The van der Waals surface area contributed by atoms with Crippen molar-refractivity contribution in [3.63, 3.8) is 0 Å². The third kappa shape index (κ3) is 2.81. The molecule has 0 aliphatic carbocycles. The Kier molecular flexibility index (Phi) is 4.08. The van der Waals surface area contributed by atoms with Gasteiger partial charge in [-0.2, -0.15) is 0 Å². The van der Waals surface area contributed by atoms with E-state index in [1.165, 1.54) is 6.08 Å². The van der Waals surface area contributed by atoms with Gasteiger partial charge in [-0.25, -0.2) is 9.97 Å². The van der Waals surface area contributed by atoms with Gasteiger partial charge in [-0.3, -0.25) is 9.69 Å². The third-order valence-corrected chi connectivity index (χ3v) is 4.13. The van der Waals surface area contributed by atoms with Crippen molar-refractivity contribution in [3.05, 3.63) is 42.2 Å². The number of nitrogens with zero attached hydrogens (tertiary/aromatic N) is 3. The van der Waals surface area contributed by atoms with Gasteiger partial charge in [-0.05, 0) is 23.8 Å². The second-order valence-corrected chi connectivity index (χ2v) is 5.63. The molecule has 0 unspecified atom stereocenters. The summed E-state index contributed by atoms with van der Waals surface area (Å²) in [6.45, 7) is 0.363. The van der Waals surface area contributed by atoms with Crippen LogP contribution in [0, 0.1) is 0 Å². The maximum atomic E-state index is 10.9. The fourth-order valence-electron chi connectivity index (χ4n) is 2.17. The van der Waals surface area contributed by atoms with Crippen molar-refractivity contribution < 1.29 is 9.53 Å². The van der Waals surface area contributed by atoms with E-state index in [0.717, 1.165) is 27.0 Å². The number of nitrogens with two attached hydrogens (primary N) is 1. The number of benzene rings is 1. The highest BCUT2D eigenvalue weighted by atomic mass is 32.2. The minimum Gasteiger partial charge on any atom is -0.366 e. The molecule has 1 aliphatic rings. The largest absolute Gasteiger partial charge is 0.366 e. The summed E-state index contributed by atoms with van der Waals surface area (Å²) in [5.41, 5.74) is 6.98. The Morgan fingerprint density at radius 3 is 3.00 bits per heavy atom. The molecule has 7 heteroatoms. The van der Waals surface area contributed by atoms with E-state index in [9.17, 15) is 4.79 Å². The molecule has 2 heterocycles. The van der Waals surface area contributed by atoms with Gasteiger partial charge in [0, 0.05) is 30.5 Å². The molecule has 22 heavy (non-hydrogen) atoms. The van der Waals surface area contributed by atoms with Crippen molar-refractivity contribution in [3.8, 4) is 0 Å². The zero-order chi connectivity index (χ0) is 15.5. The molecule has 3 rings (SSSR count). The van der Waals surface area contributed by atoms with E-state index in [0.29, 0.717) is 6.73 Å². The van der Waals surface area contributed by atoms with Crippen LogP contribution in [0.1, 0.15) is 5.56 Å². The average Bonchev–Trinajstić information content (AvgIpc) is 2.53. The van der Waals surface area contributed by atoms with Crippen molar-refractivity contribution in [2.75, 3.05) is 18.7 Å². The van der Waals surface area contributed by atoms with Crippen LogP contribution >= 0.6 is 11.8 Å². The summed E-state index contributed by atoms with van der Waals surface area (Å²) in [6.07, 6.45) is 6.35. The van der Waals surface area contributed by atoms with Crippen LogP contribution in [0.3, 0.4) is 0 Å². The number of carbonyl (C=O) groups is 1. The number of ether oxygens (including phenoxy) is 1. The Morgan fingerprint density at radius 2 is 2.23 bits per heavy atom. The van der Waals surface area contributed by atoms with Gasteiger partial charge in [0.15, 0.2) is 5.82 Å². The maximum absolute atomic E-state index is 10.9. The maximum Gasteiger partial charge on any atom is 0.241 e. The Morgan fingerprint density at radius 1 is 1.41 bits per heavy atom. The summed E-state index contributed by atoms with van der Waals surface area (Å²) in [5.74, 6) is 0.287. The Hall–Kier alpha value is -2.38. The molecule has 0 spiro atoms. The first-order chi connectivity index (χ1) is 10.7. The highest BCUT2D eigenvalue weighted by Gasteiger charge is 2.25. The molecule has 0 atom stereocenters. The van der Waals surface area contributed by atoms with Crippen LogP contribution in [0.15, 0.2) is 46.6 Å². The minimum absolute atomic E-state index is 0.363. The molecular weight excluding hydrogens is 300 g/mol. The fourth-order valence-corrected chi connectivity index (χ4v) is 3.15. The first kappa shape index (κ1) is 14.6. The van der Waals surface area contributed by atoms with E-state index in [-0.39, 0.29) is 0 Å². The van der Waals surface area contributed by atoms with E-state index >= 15 is 0 Å². The molecular formula is C15H14N4O2S. The summed E-state index contributed by atoms with van der Waals surface area (Å²) in [7, 11) is 1.63. The smallest absolute Gasteiger partial charge is 0.241 e. The van der Waals surface area contributed by atoms with Crippen LogP contribution in [-0.2, 0) is 9.53 Å². The van der Waals surface area contributed by atoms with Crippen molar-refractivity contribution in [1.29, 1.82) is 0 Å². The van der Waals surface area contributed by atoms with Crippen LogP contribution in [-0.4, -0.2) is 29.7 Å². The molecule has 1 aliphatic heterocycles. The number of amides is 1. The normalized spacial score (nSPS) is 13.0. The average molecular weight is 314 g/mol. The number of fused-ring (bicyclic) bond motifs is 2. The Balaban J connectivity index is 2.04. The SMILES string of the molecule is COCN1c2cc(/C=C/C(N)=O)ccc2Sc2nccnc21. The zero-order valence-corrected chi connectivity index (χ0v) is 12.7. The second kappa shape index (κ2) is 6.17. The van der Waals surface area contributed by atoms with E-state index in [2.05, 4.69) is 9.97 Å². The number of carbonyl (C=O) groups excluding carboxylic acids is 1. The molecule has 0 fully saturated rings. The molecule has 6 nitrogen and oxygen atoms in total. The van der Waals surface area contributed by atoms with Crippen LogP contribution in [0.5, 0.6) is 0 Å². The van der Waals surface area contributed by atoms with Gasteiger partial charge in [0.25, 0.3) is 0 Å². The topological polar surface area (TPSA) is 81.3 Å². The third-order valence-electron chi connectivity index (χ3n) is 3.08. The molecule has 2 aromatic rings. The zero-order valence-electron chi connectivity index (χ0n) is 11.9. The molecule has 0 saturated carbocycles. The van der Waals surface area contributed by atoms with E-state index in [1.807, 2.05) is 23.1 Å². The molecule has 2 N–H and O–H groups in total. The number of methoxy groups -OCH3 is 1. The monoisotopic (exact) mass is 314 g/mol. The summed E-state index contributed by atoms with van der Waals surface area (Å²) in [5, 5.41) is 0.840. The first-order valence-corrected chi connectivity index (χ1v) is 7.37. The quantitative estimate of drug-likeness (QED) is 0.871. The van der Waals surface area contributed by atoms with Gasteiger partial charge in [0.05, 0.1) is 5.69 Å². The lowest BCUT2D eigenvalue weighted by molar-refractivity contribution is -0.113. The molecule has 0 bridgehead atoms. The van der Waals surface area contributed by atoms with Crippen LogP contribution < -0.4 is 10.6 Å². The van der Waals surface area contributed by atoms with Crippen LogP contribution in [0.2, 0.25) is 0 Å². The predicted octanol–water partition coefficient (Wildman–Crippen LogP) is 2.18. The number of hydrogen-bond acceptors (Lipinski definition) is 6. The van der Waals surface area contributed by atoms with Crippen molar-refractivity contribution in [2.45, 2.75) is 9.92 Å². The fraction of sp³-hybridized carbons (Fsp3) is 0.133. The molecule has 112 valence electrons. The van der Waals surface area contributed by atoms with Crippen molar-refractivity contribution >= 4 is 35.3 Å². The van der Waals surface area contributed by atoms with Gasteiger partial charge in [-0.15, -0.1) is 0 Å². The summed E-state index contributed by atoms with van der Waals surface area (Å²) < 4.78 is 5.29. The lowest BCUT2D eigenvalue weighted by Crippen LogP contribution is -2.24. The van der Waals surface area contributed by atoms with Crippen molar-refractivity contribution in [2.24, 2.45) is 5.73 Å². The van der Waals surface area contributed by atoms with Gasteiger partial charge < -0.3 is 10.5 Å². The number of anilines is 2. The number of aromatic nitrogens is 2. The first-order valence-electron chi connectivity index (χ1n) is 6.56. The van der Waals surface area contributed by atoms with Crippen molar-refractivity contribution in [1.82, 2.24) is 9.97 Å². The van der Waals surface area contributed by atoms with Gasteiger partial charge in [0.2, 0.25) is 5.91 Å². The van der Waals surface area contributed by atoms with E-state index in [1.54, 1.807) is 37.3 Å². The summed E-state index contributed by atoms with van der Waals surface area (Å²) >= 11 is 1.56. The number of rotatable bonds is 4. The molecule has 1 aromatic carbocycles. The lowest BCUT2D eigenvalue weighted by Gasteiger charge is -2.30. The predicted molar refractivity (Wildman–Crippen MR) is 84.8 cm³/mol. The van der Waals surface area contributed by atoms with Gasteiger partial charge in [-0.1, -0.05) is 17.8 Å². The Labute approximate surface area is 132 Å². The van der Waals surface area contributed by atoms with E-state index < -0.39 is 5.91 Å². The number of primary amides is 1. The van der Waals surface area contributed by atoms with E-state index in [4.69, 9.17) is 10.5 Å². The molecule has 0 radical (unpaired) electrons. The van der Waals surface area contributed by atoms with Crippen LogP contribution in [0.4, 0.5) is 11.5 Å². The van der Waals surface area contributed by atoms with Crippen LogP contribution in [0.25, 0.3) is 6.08 Å².